The van der Waals surface area contributed by atoms with Gasteiger partial charge in [-0.3, -0.25) is 9.59 Å². The number of ether oxygens (including phenoxy) is 1. The van der Waals surface area contributed by atoms with E-state index in [4.69, 9.17) is 9.15 Å². The van der Waals surface area contributed by atoms with Crippen molar-refractivity contribution in [2.75, 3.05) is 6.54 Å². The Balaban J connectivity index is 2.21. The molecule has 1 aromatic heterocycles. The van der Waals surface area contributed by atoms with Gasteiger partial charge in [0.05, 0.1) is 0 Å². The lowest BCUT2D eigenvalue weighted by atomic mass is 10.1. The van der Waals surface area contributed by atoms with Crippen LogP contribution in [0, 0.1) is 5.92 Å². The minimum absolute atomic E-state index is 0.0409. The van der Waals surface area contributed by atoms with Gasteiger partial charge in [0.25, 0.3) is 5.91 Å². The number of benzene rings is 1. The van der Waals surface area contributed by atoms with Crippen molar-refractivity contribution in [3.05, 3.63) is 40.2 Å². The SMILES string of the molecule is CCCCC(=O)Oc1ccc2cc(C(=O)NCC(C)C)c(=O)oc2c1. The molecule has 0 aliphatic rings. The quantitative estimate of drug-likeness (QED) is 0.473. The van der Waals surface area contributed by atoms with Gasteiger partial charge >= 0.3 is 11.6 Å². The monoisotopic (exact) mass is 345 g/mol. The summed E-state index contributed by atoms with van der Waals surface area (Å²) < 4.78 is 10.4. The number of amides is 1. The van der Waals surface area contributed by atoms with Crippen LogP contribution in [0.3, 0.4) is 0 Å². The lowest BCUT2D eigenvalue weighted by Crippen LogP contribution is -2.31. The van der Waals surface area contributed by atoms with Crippen molar-refractivity contribution in [3.8, 4) is 5.75 Å². The highest BCUT2D eigenvalue weighted by atomic mass is 16.5. The third-order valence-corrected chi connectivity index (χ3v) is 3.59. The molecule has 0 saturated carbocycles. The summed E-state index contributed by atoms with van der Waals surface area (Å²) in [7, 11) is 0. The van der Waals surface area contributed by atoms with Gasteiger partial charge in [-0.25, -0.2) is 4.79 Å². The van der Waals surface area contributed by atoms with Crippen LogP contribution in [0.1, 0.15) is 50.4 Å². The second kappa shape index (κ2) is 8.46. The third-order valence-electron chi connectivity index (χ3n) is 3.59. The maximum atomic E-state index is 12.1. The van der Waals surface area contributed by atoms with E-state index >= 15 is 0 Å². The van der Waals surface area contributed by atoms with Gasteiger partial charge in [0.15, 0.2) is 0 Å². The summed E-state index contributed by atoms with van der Waals surface area (Å²) in [5, 5.41) is 3.28. The zero-order chi connectivity index (χ0) is 18.4. The number of rotatable bonds is 7. The maximum Gasteiger partial charge on any atom is 0.349 e. The fourth-order valence-corrected chi connectivity index (χ4v) is 2.21. The molecule has 1 aromatic carbocycles. The highest BCUT2D eigenvalue weighted by Crippen LogP contribution is 2.21. The summed E-state index contributed by atoms with van der Waals surface area (Å²) in [6.07, 6.45) is 2.01. The first-order valence-electron chi connectivity index (χ1n) is 8.47. The first kappa shape index (κ1) is 18.7. The molecule has 1 N–H and O–H groups in total. The highest BCUT2D eigenvalue weighted by Gasteiger charge is 2.14. The van der Waals surface area contributed by atoms with Crippen molar-refractivity contribution in [1.29, 1.82) is 0 Å². The molecule has 0 atom stereocenters. The molecule has 0 aliphatic carbocycles. The lowest BCUT2D eigenvalue weighted by Gasteiger charge is -2.08. The van der Waals surface area contributed by atoms with Gasteiger partial charge in [0, 0.05) is 24.4 Å². The minimum atomic E-state index is -0.719. The zero-order valence-electron chi connectivity index (χ0n) is 14.8. The highest BCUT2D eigenvalue weighted by molar-refractivity contribution is 5.96. The van der Waals surface area contributed by atoms with Crippen LogP contribution in [-0.2, 0) is 4.79 Å². The standard InChI is InChI=1S/C19H23NO5/c1-4-5-6-17(21)24-14-8-7-13-9-15(18(22)20-11-12(2)3)19(23)25-16(13)10-14/h7-10,12H,4-6,11H2,1-3H3,(H,20,22). The van der Waals surface area contributed by atoms with Crippen molar-refractivity contribution in [2.24, 2.45) is 5.92 Å². The van der Waals surface area contributed by atoms with Crippen molar-refractivity contribution in [1.82, 2.24) is 5.32 Å². The van der Waals surface area contributed by atoms with E-state index < -0.39 is 11.5 Å². The molecule has 0 spiro atoms. The number of carbonyl (C=O) groups excluding carboxylic acids is 2. The number of esters is 1. The van der Waals surface area contributed by atoms with E-state index in [0.29, 0.717) is 24.1 Å². The molecule has 1 amide bonds. The van der Waals surface area contributed by atoms with E-state index in [1.54, 1.807) is 12.1 Å². The first-order valence-corrected chi connectivity index (χ1v) is 8.47. The van der Waals surface area contributed by atoms with Crippen molar-refractivity contribution < 1.29 is 18.7 Å². The van der Waals surface area contributed by atoms with Crippen LogP contribution in [0.2, 0.25) is 0 Å². The fourth-order valence-electron chi connectivity index (χ4n) is 2.21. The molecule has 1 heterocycles. The van der Waals surface area contributed by atoms with Crippen LogP contribution in [-0.4, -0.2) is 18.4 Å². The maximum absolute atomic E-state index is 12.1. The number of hydrogen-bond acceptors (Lipinski definition) is 5. The molecule has 25 heavy (non-hydrogen) atoms. The molecule has 6 nitrogen and oxygen atoms in total. The molecule has 0 bridgehead atoms. The van der Waals surface area contributed by atoms with Crippen LogP contribution in [0.25, 0.3) is 11.0 Å². The normalized spacial score (nSPS) is 10.9. The van der Waals surface area contributed by atoms with E-state index in [9.17, 15) is 14.4 Å². The average molecular weight is 345 g/mol. The molecule has 6 heteroatoms. The smallest absolute Gasteiger partial charge is 0.349 e. The first-order chi connectivity index (χ1) is 11.9. The molecule has 0 fully saturated rings. The Labute approximate surface area is 146 Å². The molecular weight excluding hydrogens is 322 g/mol. The van der Waals surface area contributed by atoms with E-state index in [1.165, 1.54) is 12.1 Å². The summed E-state index contributed by atoms with van der Waals surface area (Å²) in [5.41, 5.74) is -0.491. The van der Waals surface area contributed by atoms with E-state index in [0.717, 1.165) is 12.8 Å². The predicted octanol–water partition coefficient (Wildman–Crippen LogP) is 3.27. The van der Waals surface area contributed by atoms with E-state index in [2.05, 4.69) is 5.32 Å². The third kappa shape index (κ3) is 5.17. The Morgan fingerprint density at radius 2 is 2.00 bits per heavy atom. The molecule has 2 aromatic rings. The van der Waals surface area contributed by atoms with E-state index in [-0.39, 0.29) is 23.0 Å². The van der Waals surface area contributed by atoms with Crippen LogP contribution >= 0.6 is 0 Å². The van der Waals surface area contributed by atoms with Crippen molar-refractivity contribution in [3.63, 3.8) is 0 Å². The Morgan fingerprint density at radius 3 is 2.68 bits per heavy atom. The van der Waals surface area contributed by atoms with Crippen molar-refractivity contribution >= 4 is 22.8 Å². The van der Waals surface area contributed by atoms with Crippen LogP contribution < -0.4 is 15.7 Å². The van der Waals surface area contributed by atoms with Gasteiger partial charge < -0.3 is 14.5 Å². The van der Waals surface area contributed by atoms with Crippen LogP contribution in [0.15, 0.2) is 33.5 Å². The summed E-state index contributed by atoms with van der Waals surface area (Å²) >= 11 is 0. The van der Waals surface area contributed by atoms with Gasteiger partial charge in [-0.15, -0.1) is 0 Å². The van der Waals surface area contributed by atoms with Gasteiger partial charge in [0.1, 0.15) is 16.9 Å². The van der Waals surface area contributed by atoms with E-state index in [1.807, 2.05) is 20.8 Å². The average Bonchev–Trinajstić information content (AvgIpc) is 2.57. The Morgan fingerprint density at radius 1 is 1.24 bits per heavy atom. The van der Waals surface area contributed by atoms with Gasteiger partial charge in [-0.05, 0) is 30.5 Å². The Hall–Kier alpha value is -2.63. The second-order valence-electron chi connectivity index (χ2n) is 6.33. The molecular formula is C19H23NO5. The largest absolute Gasteiger partial charge is 0.426 e. The van der Waals surface area contributed by atoms with Crippen molar-refractivity contribution in [2.45, 2.75) is 40.0 Å². The summed E-state index contributed by atoms with van der Waals surface area (Å²) in [4.78, 5) is 35.8. The molecule has 2 rings (SSSR count). The fraction of sp³-hybridized carbons (Fsp3) is 0.421. The van der Waals surface area contributed by atoms with Crippen LogP contribution in [0.5, 0.6) is 5.75 Å². The molecule has 0 saturated heterocycles. The molecule has 0 aliphatic heterocycles. The van der Waals surface area contributed by atoms with Gasteiger partial charge in [-0.2, -0.15) is 0 Å². The second-order valence-corrected chi connectivity index (χ2v) is 6.33. The Kier molecular flexibility index (Phi) is 6.33. The number of fused-ring (bicyclic) bond motifs is 1. The summed E-state index contributed by atoms with van der Waals surface area (Å²) in [5.74, 6) is -0.192. The number of carbonyl (C=O) groups is 2. The summed E-state index contributed by atoms with van der Waals surface area (Å²) in [6.45, 7) is 6.40. The van der Waals surface area contributed by atoms with Gasteiger partial charge in [-0.1, -0.05) is 27.2 Å². The zero-order valence-corrected chi connectivity index (χ0v) is 14.8. The van der Waals surface area contributed by atoms with Gasteiger partial charge in [0.2, 0.25) is 0 Å². The lowest BCUT2D eigenvalue weighted by molar-refractivity contribution is -0.134. The minimum Gasteiger partial charge on any atom is -0.426 e. The topological polar surface area (TPSA) is 85.6 Å². The number of unbranched alkanes of at least 4 members (excludes halogenated alkanes) is 1. The molecule has 0 radical (unpaired) electrons. The number of hydrogen-bond donors (Lipinski definition) is 1. The predicted molar refractivity (Wildman–Crippen MR) is 94.8 cm³/mol. The van der Waals surface area contributed by atoms with Crippen LogP contribution in [0.4, 0.5) is 0 Å². The Bertz CT molecular complexity index is 822. The molecule has 0 unspecified atom stereocenters. The number of nitrogens with one attached hydrogen (secondary N) is 1. The summed E-state index contributed by atoms with van der Waals surface area (Å²) in [6, 6.07) is 6.23. The molecule has 134 valence electrons.